The number of nitrogens with zero attached hydrogens (tertiary/aromatic N) is 3. The second-order valence-electron chi connectivity index (χ2n) is 5.60. The zero-order chi connectivity index (χ0) is 17.7. The van der Waals surface area contributed by atoms with Crippen LogP contribution in [-0.2, 0) is 9.84 Å². The zero-order valence-electron chi connectivity index (χ0n) is 13.8. The van der Waals surface area contributed by atoms with Crippen LogP contribution in [0.4, 0.5) is 11.6 Å². The predicted molar refractivity (Wildman–Crippen MR) is 98.5 cm³/mol. The van der Waals surface area contributed by atoms with Gasteiger partial charge >= 0.3 is 0 Å². The summed E-state index contributed by atoms with van der Waals surface area (Å²) in [5, 5.41) is 7.18. The molecular formula is C17H19N5O2S. The van der Waals surface area contributed by atoms with Crippen molar-refractivity contribution in [3.05, 3.63) is 48.9 Å². The Kier molecular flexibility index (Phi) is 5.08. The molecule has 8 heteroatoms. The van der Waals surface area contributed by atoms with Crippen molar-refractivity contribution in [3.8, 4) is 0 Å². The summed E-state index contributed by atoms with van der Waals surface area (Å²) in [6.07, 6.45) is 5.26. The fourth-order valence-corrected chi connectivity index (χ4v) is 3.03. The van der Waals surface area contributed by atoms with Gasteiger partial charge in [0.05, 0.1) is 10.4 Å². The van der Waals surface area contributed by atoms with Gasteiger partial charge in [0.15, 0.2) is 9.84 Å². The van der Waals surface area contributed by atoms with Crippen LogP contribution in [0.15, 0.2) is 53.8 Å². The number of nitrogens with one attached hydrogen (secondary N) is 2. The minimum Gasteiger partial charge on any atom is -0.370 e. The molecular weight excluding hydrogens is 338 g/mol. The molecule has 0 saturated carbocycles. The Morgan fingerprint density at radius 1 is 1.00 bits per heavy atom. The fraction of sp³-hybridized carbons (Fsp3) is 0.235. The van der Waals surface area contributed by atoms with Gasteiger partial charge < -0.3 is 10.6 Å². The van der Waals surface area contributed by atoms with Crippen molar-refractivity contribution in [1.82, 2.24) is 15.0 Å². The zero-order valence-corrected chi connectivity index (χ0v) is 14.6. The largest absolute Gasteiger partial charge is 0.370 e. The lowest BCUT2D eigenvalue weighted by atomic mass is 10.2. The van der Waals surface area contributed by atoms with E-state index in [1.54, 1.807) is 24.4 Å². The van der Waals surface area contributed by atoms with Gasteiger partial charge in [-0.3, -0.25) is 0 Å². The van der Waals surface area contributed by atoms with Crippen LogP contribution < -0.4 is 10.6 Å². The SMILES string of the molecule is CS(=O)(=O)c1ccc2ncnc(NCCCNc3ccccn3)c2c1. The molecule has 25 heavy (non-hydrogen) atoms. The van der Waals surface area contributed by atoms with Gasteiger partial charge in [0.2, 0.25) is 0 Å². The van der Waals surface area contributed by atoms with Gasteiger partial charge in [0, 0.05) is 30.9 Å². The molecule has 0 bridgehead atoms. The first-order chi connectivity index (χ1) is 12.0. The number of anilines is 2. The van der Waals surface area contributed by atoms with Gasteiger partial charge in [-0.1, -0.05) is 6.07 Å². The van der Waals surface area contributed by atoms with Crippen LogP contribution in [0.3, 0.4) is 0 Å². The van der Waals surface area contributed by atoms with E-state index in [0.29, 0.717) is 23.3 Å². The summed E-state index contributed by atoms with van der Waals surface area (Å²) >= 11 is 0. The van der Waals surface area contributed by atoms with E-state index in [1.165, 1.54) is 12.6 Å². The lowest BCUT2D eigenvalue weighted by Gasteiger charge is -2.10. The first-order valence-corrected chi connectivity index (χ1v) is 9.77. The number of fused-ring (bicyclic) bond motifs is 1. The van der Waals surface area contributed by atoms with Crippen LogP contribution in [0.5, 0.6) is 0 Å². The molecule has 0 radical (unpaired) electrons. The summed E-state index contributed by atoms with van der Waals surface area (Å²) in [5.74, 6) is 1.47. The molecule has 0 saturated heterocycles. The van der Waals surface area contributed by atoms with Gasteiger partial charge in [-0.15, -0.1) is 0 Å². The minimum atomic E-state index is -3.27. The van der Waals surface area contributed by atoms with Crippen LogP contribution in [0, 0.1) is 0 Å². The van der Waals surface area contributed by atoms with E-state index in [-0.39, 0.29) is 4.90 Å². The topological polar surface area (TPSA) is 96.9 Å². The highest BCUT2D eigenvalue weighted by atomic mass is 32.2. The third kappa shape index (κ3) is 4.42. The summed E-state index contributed by atoms with van der Waals surface area (Å²) in [7, 11) is -3.27. The molecule has 0 amide bonds. The number of sulfone groups is 1. The molecule has 2 N–H and O–H groups in total. The van der Waals surface area contributed by atoms with Crippen molar-refractivity contribution >= 4 is 32.4 Å². The van der Waals surface area contributed by atoms with Gasteiger partial charge in [0.1, 0.15) is 18.0 Å². The molecule has 0 fully saturated rings. The molecule has 0 spiro atoms. The molecule has 0 aliphatic carbocycles. The van der Waals surface area contributed by atoms with Crippen molar-refractivity contribution in [1.29, 1.82) is 0 Å². The molecule has 1 aromatic carbocycles. The van der Waals surface area contributed by atoms with Crippen LogP contribution in [0.2, 0.25) is 0 Å². The van der Waals surface area contributed by atoms with Crippen molar-refractivity contribution in [2.45, 2.75) is 11.3 Å². The second kappa shape index (κ2) is 7.43. The first-order valence-electron chi connectivity index (χ1n) is 7.87. The van der Waals surface area contributed by atoms with E-state index in [1.807, 2.05) is 18.2 Å². The summed E-state index contributed by atoms with van der Waals surface area (Å²) in [6.45, 7) is 1.46. The smallest absolute Gasteiger partial charge is 0.175 e. The molecule has 3 aromatic rings. The van der Waals surface area contributed by atoms with Gasteiger partial charge in [0.25, 0.3) is 0 Å². The standard InChI is InChI=1S/C17H19N5O2S/c1-25(23,24)13-6-7-15-14(11-13)17(22-12-21-15)20-10-4-9-19-16-5-2-3-8-18-16/h2-3,5-8,11-12H,4,9-10H2,1H3,(H,18,19)(H,20,21,22). The summed E-state index contributed by atoms with van der Waals surface area (Å²) < 4.78 is 23.5. The summed E-state index contributed by atoms with van der Waals surface area (Å²) in [5.41, 5.74) is 0.705. The number of hydrogen-bond donors (Lipinski definition) is 2. The number of pyridine rings is 1. The number of hydrogen-bond acceptors (Lipinski definition) is 7. The normalized spacial score (nSPS) is 11.4. The molecule has 0 atom stereocenters. The quantitative estimate of drug-likeness (QED) is 0.626. The maximum Gasteiger partial charge on any atom is 0.175 e. The molecule has 2 heterocycles. The highest BCUT2D eigenvalue weighted by Crippen LogP contribution is 2.22. The summed E-state index contributed by atoms with van der Waals surface area (Å²) in [4.78, 5) is 12.9. The highest BCUT2D eigenvalue weighted by molar-refractivity contribution is 7.90. The third-order valence-electron chi connectivity index (χ3n) is 3.65. The van der Waals surface area contributed by atoms with Crippen LogP contribution in [-0.4, -0.2) is 42.7 Å². The van der Waals surface area contributed by atoms with Gasteiger partial charge in [-0.05, 0) is 36.8 Å². The third-order valence-corrected chi connectivity index (χ3v) is 4.76. The Morgan fingerprint density at radius 2 is 1.84 bits per heavy atom. The lowest BCUT2D eigenvalue weighted by Crippen LogP contribution is -2.11. The number of aromatic nitrogens is 3. The molecule has 130 valence electrons. The molecule has 3 rings (SSSR count). The van der Waals surface area contributed by atoms with E-state index in [9.17, 15) is 8.42 Å². The average molecular weight is 357 g/mol. The second-order valence-corrected chi connectivity index (χ2v) is 7.61. The monoisotopic (exact) mass is 357 g/mol. The molecule has 0 aliphatic rings. The van der Waals surface area contributed by atoms with Crippen molar-refractivity contribution < 1.29 is 8.42 Å². The van der Waals surface area contributed by atoms with E-state index in [2.05, 4.69) is 25.6 Å². The Labute approximate surface area is 146 Å². The molecule has 0 unspecified atom stereocenters. The Hall–Kier alpha value is -2.74. The molecule has 7 nitrogen and oxygen atoms in total. The van der Waals surface area contributed by atoms with Crippen molar-refractivity contribution in [2.24, 2.45) is 0 Å². The van der Waals surface area contributed by atoms with Crippen molar-refractivity contribution in [2.75, 3.05) is 30.0 Å². The number of benzene rings is 1. The van der Waals surface area contributed by atoms with E-state index >= 15 is 0 Å². The van der Waals surface area contributed by atoms with E-state index in [0.717, 1.165) is 18.8 Å². The van der Waals surface area contributed by atoms with Crippen LogP contribution in [0.25, 0.3) is 10.9 Å². The molecule has 2 aromatic heterocycles. The van der Waals surface area contributed by atoms with Crippen LogP contribution in [0.1, 0.15) is 6.42 Å². The predicted octanol–water partition coefficient (Wildman–Crippen LogP) is 2.34. The fourth-order valence-electron chi connectivity index (χ4n) is 2.39. The Morgan fingerprint density at radius 3 is 2.60 bits per heavy atom. The van der Waals surface area contributed by atoms with Crippen LogP contribution >= 0.6 is 0 Å². The highest BCUT2D eigenvalue weighted by Gasteiger charge is 2.10. The van der Waals surface area contributed by atoms with E-state index in [4.69, 9.17) is 0 Å². The summed E-state index contributed by atoms with van der Waals surface area (Å²) in [6, 6.07) is 10.6. The maximum absolute atomic E-state index is 11.7. The molecule has 0 aliphatic heterocycles. The average Bonchev–Trinajstić information content (AvgIpc) is 2.61. The number of rotatable bonds is 7. The van der Waals surface area contributed by atoms with E-state index < -0.39 is 9.84 Å². The Bertz CT molecular complexity index is 961. The first kappa shape index (κ1) is 17.1. The van der Waals surface area contributed by atoms with Gasteiger partial charge in [-0.25, -0.2) is 23.4 Å². The van der Waals surface area contributed by atoms with Gasteiger partial charge in [-0.2, -0.15) is 0 Å². The maximum atomic E-state index is 11.7. The minimum absolute atomic E-state index is 0.259. The van der Waals surface area contributed by atoms with Crippen molar-refractivity contribution in [3.63, 3.8) is 0 Å². The Balaban J connectivity index is 1.65. The lowest BCUT2D eigenvalue weighted by molar-refractivity contribution is 0.602.